The van der Waals surface area contributed by atoms with Gasteiger partial charge in [-0.05, 0) is 13.3 Å². The molecular formula is C7H12O2. The maximum absolute atomic E-state index is 10.9. The number of ether oxygens (including phenoxy) is 1. The summed E-state index contributed by atoms with van der Waals surface area (Å²) in [5, 5.41) is 0. The molecule has 9 heavy (non-hydrogen) atoms. The van der Waals surface area contributed by atoms with Gasteiger partial charge in [0.25, 0.3) is 0 Å². The van der Waals surface area contributed by atoms with Crippen molar-refractivity contribution in [1.29, 1.82) is 0 Å². The normalized spacial score (nSPS) is 34.9. The molecule has 1 atom stereocenters. The van der Waals surface area contributed by atoms with E-state index in [0.29, 0.717) is 6.61 Å². The van der Waals surface area contributed by atoms with Gasteiger partial charge in [-0.25, -0.2) is 0 Å². The van der Waals surface area contributed by atoms with Crippen molar-refractivity contribution in [3.8, 4) is 0 Å². The summed E-state index contributed by atoms with van der Waals surface area (Å²) >= 11 is 0. The molecule has 1 fully saturated rings. The molecule has 1 aliphatic rings. The standard InChI is InChI=1S/C7H12O2/c1-6(8)7(2)3-4-9-5-7/h3-5H2,1-2H3/t7-/m1/s1. The molecule has 0 aromatic rings. The van der Waals surface area contributed by atoms with Gasteiger partial charge in [0.1, 0.15) is 5.78 Å². The van der Waals surface area contributed by atoms with Crippen LogP contribution in [0.4, 0.5) is 0 Å². The number of carbonyl (C=O) groups is 1. The fourth-order valence-corrected chi connectivity index (χ4v) is 0.945. The molecule has 0 aromatic heterocycles. The lowest BCUT2D eigenvalue weighted by molar-refractivity contribution is -0.125. The third-order valence-corrected chi connectivity index (χ3v) is 2.07. The van der Waals surface area contributed by atoms with Gasteiger partial charge >= 0.3 is 0 Å². The Kier molecular flexibility index (Phi) is 1.58. The first-order valence-electron chi connectivity index (χ1n) is 3.24. The molecule has 1 heterocycles. The minimum atomic E-state index is -0.167. The van der Waals surface area contributed by atoms with Crippen LogP contribution in [0.15, 0.2) is 0 Å². The average molecular weight is 128 g/mol. The Hall–Kier alpha value is -0.370. The summed E-state index contributed by atoms with van der Waals surface area (Å²) in [6.45, 7) is 4.95. The molecule has 1 rings (SSSR count). The van der Waals surface area contributed by atoms with Gasteiger partial charge in [-0.2, -0.15) is 0 Å². The average Bonchev–Trinajstić information content (AvgIpc) is 2.16. The number of rotatable bonds is 1. The largest absolute Gasteiger partial charge is 0.380 e. The monoisotopic (exact) mass is 128 g/mol. The summed E-state index contributed by atoms with van der Waals surface area (Å²) in [6.07, 6.45) is 0.891. The zero-order valence-corrected chi connectivity index (χ0v) is 5.94. The summed E-state index contributed by atoms with van der Waals surface area (Å²) in [5.74, 6) is 0.250. The molecule has 1 saturated heterocycles. The van der Waals surface area contributed by atoms with E-state index >= 15 is 0 Å². The number of hydrogen-bond acceptors (Lipinski definition) is 2. The van der Waals surface area contributed by atoms with E-state index in [9.17, 15) is 4.79 Å². The highest BCUT2D eigenvalue weighted by Gasteiger charge is 2.33. The summed E-state index contributed by atoms with van der Waals surface area (Å²) in [7, 11) is 0. The van der Waals surface area contributed by atoms with Crippen LogP contribution in [0.5, 0.6) is 0 Å². The summed E-state index contributed by atoms with van der Waals surface area (Å²) in [6, 6.07) is 0. The molecule has 52 valence electrons. The van der Waals surface area contributed by atoms with E-state index < -0.39 is 0 Å². The second-order valence-corrected chi connectivity index (χ2v) is 2.92. The maximum atomic E-state index is 10.9. The van der Waals surface area contributed by atoms with Crippen LogP contribution in [-0.4, -0.2) is 19.0 Å². The van der Waals surface area contributed by atoms with Gasteiger partial charge in [0, 0.05) is 6.61 Å². The second-order valence-electron chi connectivity index (χ2n) is 2.92. The van der Waals surface area contributed by atoms with E-state index in [2.05, 4.69) is 0 Å². The molecule has 0 amide bonds. The maximum Gasteiger partial charge on any atom is 0.138 e. The third-order valence-electron chi connectivity index (χ3n) is 2.07. The zero-order chi connectivity index (χ0) is 6.91. The van der Waals surface area contributed by atoms with Crippen LogP contribution < -0.4 is 0 Å². The number of ketones is 1. The number of carbonyl (C=O) groups excluding carboxylic acids is 1. The summed E-state index contributed by atoms with van der Waals surface area (Å²) in [4.78, 5) is 10.9. The van der Waals surface area contributed by atoms with Gasteiger partial charge in [-0.15, -0.1) is 0 Å². The zero-order valence-electron chi connectivity index (χ0n) is 5.94. The first-order chi connectivity index (χ1) is 4.15. The second kappa shape index (κ2) is 2.10. The lowest BCUT2D eigenvalue weighted by atomic mass is 9.86. The van der Waals surface area contributed by atoms with Crippen LogP contribution in [0, 0.1) is 5.41 Å². The van der Waals surface area contributed by atoms with E-state index in [4.69, 9.17) is 4.74 Å². The van der Waals surface area contributed by atoms with Crippen molar-refractivity contribution < 1.29 is 9.53 Å². The van der Waals surface area contributed by atoms with Crippen LogP contribution in [0.2, 0.25) is 0 Å². The van der Waals surface area contributed by atoms with E-state index in [1.165, 1.54) is 0 Å². The van der Waals surface area contributed by atoms with Crippen molar-refractivity contribution in [3.63, 3.8) is 0 Å². The van der Waals surface area contributed by atoms with Gasteiger partial charge < -0.3 is 4.74 Å². The van der Waals surface area contributed by atoms with Gasteiger partial charge in [-0.1, -0.05) is 6.92 Å². The van der Waals surface area contributed by atoms with Crippen molar-refractivity contribution >= 4 is 5.78 Å². The molecule has 2 heteroatoms. The molecule has 0 aromatic carbocycles. The van der Waals surface area contributed by atoms with Crippen molar-refractivity contribution in [3.05, 3.63) is 0 Å². The molecule has 1 aliphatic heterocycles. The van der Waals surface area contributed by atoms with Crippen molar-refractivity contribution in [1.82, 2.24) is 0 Å². The smallest absolute Gasteiger partial charge is 0.138 e. The van der Waals surface area contributed by atoms with E-state index in [-0.39, 0.29) is 11.2 Å². The van der Waals surface area contributed by atoms with E-state index in [1.807, 2.05) is 6.92 Å². The highest BCUT2D eigenvalue weighted by atomic mass is 16.5. The lowest BCUT2D eigenvalue weighted by Crippen LogP contribution is -2.25. The van der Waals surface area contributed by atoms with Crippen LogP contribution in [0.1, 0.15) is 20.3 Å². The quantitative estimate of drug-likeness (QED) is 0.526. The Morgan fingerprint density at radius 2 is 2.33 bits per heavy atom. The molecular weight excluding hydrogens is 116 g/mol. The first-order valence-corrected chi connectivity index (χ1v) is 3.24. The Bertz CT molecular complexity index is 123. The Labute approximate surface area is 55.2 Å². The SMILES string of the molecule is CC(=O)[C@]1(C)CCOC1. The molecule has 0 unspecified atom stereocenters. The van der Waals surface area contributed by atoms with Crippen LogP contribution in [0.25, 0.3) is 0 Å². The van der Waals surface area contributed by atoms with E-state index in [1.54, 1.807) is 6.92 Å². The van der Waals surface area contributed by atoms with Gasteiger partial charge in [0.05, 0.1) is 12.0 Å². The minimum Gasteiger partial charge on any atom is -0.380 e. The lowest BCUT2D eigenvalue weighted by Gasteiger charge is -2.15. The van der Waals surface area contributed by atoms with Gasteiger partial charge in [0.15, 0.2) is 0 Å². The van der Waals surface area contributed by atoms with Crippen molar-refractivity contribution in [2.45, 2.75) is 20.3 Å². The summed E-state index contributed by atoms with van der Waals surface area (Å²) < 4.78 is 5.10. The predicted molar refractivity (Wildman–Crippen MR) is 34.2 cm³/mol. The number of Topliss-reactive ketones (excluding diaryl/α,β-unsaturated/α-hetero) is 1. The Balaban J connectivity index is 2.61. The van der Waals surface area contributed by atoms with E-state index in [0.717, 1.165) is 13.0 Å². The fraction of sp³-hybridized carbons (Fsp3) is 0.857. The van der Waals surface area contributed by atoms with Gasteiger partial charge in [0.2, 0.25) is 0 Å². The molecule has 0 spiro atoms. The van der Waals surface area contributed by atoms with Crippen molar-refractivity contribution in [2.75, 3.05) is 13.2 Å². The molecule has 0 saturated carbocycles. The summed E-state index contributed by atoms with van der Waals surface area (Å²) in [5.41, 5.74) is -0.167. The Morgan fingerprint density at radius 1 is 1.67 bits per heavy atom. The molecule has 0 radical (unpaired) electrons. The van der Waals surface area contributed by atoms with Crippen LogP contribution in [0.3, 0.4) is 0 Å². The highest BCUT2D eigenvalue weighted by Crippen LogP contribution is 2.28. The highest BCUT2D eigenvalue weighted by molar-refractivity contribution is 5.82. The molecule has 0 N–H and O–H groups in total. The van der Waals surface area contributed by atoms with Gasteiger partial charge in [-0.3, -0.25) is 4.79 Å². The van der Waals surface area contributed by atoms with Crippen LogP contribution in [-0.2, 0) is 9.53 Å². The third kappa shape index (κ3) is 1.13. The molecule has 0 aliphatic carbocycles. The topological polar surface area (TPSA) is 26.3 Å². The number of hydrogen-bond donors (Lipinski definition) is 0. The minimum absolute atomic E-state index is 0.167. The predicted octanol–water partition coefficient (Wildman–Crippen LogP) is 1.00. The first kappa shape index (κ1) is 6.75. The fourth-order valence-electron chi connectivity index (χ4n) is 0.945. The van der Waals surface area contributed by atoms with Crippen LogP contribution >= 0.6 is 0 Å². The molecule has 2 nitrogen and oxygen atoms in total. The van der Waals surface area contributed by atoms with Crippen molar-refractivity contribution in [2.24, 2.45) is 5.41 Å². The molecule has 0 bridgehead atoms. The Morgan fingerprint density at radius 3 is 2.56 bits per heavy atom.